The third kappa shape index (κ3) is 3.79. The number of benzene rings is 1. The Hall–Kier alpha value is -2.28. The predicted octanol–water partition coefficient (Wildman–Crippen LogP) is 1.59. The fraction of sp³-hybridized carbons (Fsp3) is 0.529. The number of nitrogens with one attached hydrogen (secondary N) is 2. The summed E-state index contributed by atoms with van der Waals surface area (Å²) in [7, 11) is 0. The Morgan fingerprint density at radius 1 is 1.21 bits per heavy atom. The number of carbonyl (C=O) groups is 1. The Kier molecular flexibility index (Phi) is 4.89. The molecule has 1 aromatic carbocycles. The van der Waals surface area contributed by atoms with Crippen LogP contribution in [-0.4, -0.2) is 34.4 Å². The van der Waals surface area contributed by atoms with E-state index in [2.05, 4.69) is 10.6 Å². The molecular formula is C17H23N3O4. The fourth-order valence-corrected chi connectivity index (χ4v) is 3.20. The Morgan fingerprint density at radius 2 is 1.96 bits per heavy atom. The number of hydrogen-bond acceptors (Lipinski definition) is 4. The molecule has 1 aliphatic carbocycles. The highest BCUT2D eigenvalue weighted by atomic mass is 16.4. The monoisotopic (exact) mass is 333 g/mol. The molecule has 3 N–H and O–H groups in total. The molecule has 0 aliphatic heterocycles. The van der Waals surface area contributed by atoms with Crippen molar-refractivity contribution in [2.24, 2.45) is 0 Å². The van der Waals surface area contributed by atoms with Gasteiger partial charge in [0.1, 0.15) is 0 Å². The molecular weight excluding hydrogens is 310 g/mol. The fourth-order valence-electron chi connectivity index (χ4n) is 3.20. The summed E-state index contributed by atoms with van der Waals surface area (Å²) in [6.45, 7) is 0.884. The summed E-state index contributed by atoms with van der Waals surface area (Å²) in [5.41, 5.74) is 0.459. The molecule has 0 radical (unpaired) electrons. The highest BCUT2D eigenvalue weighted by Crippen LogP contribution is 2.27. The van der Waals surface area contributed by atoms with E-state index in [9.17, 15) is 14.7 Å². The highest BCUT2D eigenvalue weighted by Gasteiger charge is 2.29. The van der Waals surface area contributed by atoms with E-state index in [1.165, 1.54) is 4.57 Å². The first-order valence-corrected chi connectivity index (χ1v) is 8.40. The number of rotatable bonds is 5. The third-order valence-electron chi connectivity index (χ3n) is 4.56. The first-order chi connectivity index (χ1) is 11.6. The Morgan fingerprint density at radius 3 is 2.75 bits per heavy atom. The van der Waals surface area contributed by atoms with E-state index >= 15 is 0 Å². The molecule has 3 rings (SSSR count). The van der Waals surface area contributed by atoms with Crippen LogP contribution in [0.25, 0.3) is 11.1 Å². The van der Waals surface area contributed by atoms with E-state index in [0.29, 0.717) is 24.2 Å². The van der Waals surface area contributed by atoms with Crippen molar-refractivity contribution in [2.75, 3.05) is 13.1 Å². The van der Waals surface area contributed by atoms with Gasteiger partial charge >= 0.3 is 11.8 Å². The maximum Gasteiger partial charge on any atom is 0.420 e. The van der Waals surface area contributed by atoms with Crippen molar-refractivity contribution in [2.45, 2.75) is 44.2 Å². The van der Waals surface area contributed by atoms with E-state index in [4.69, 9.17) is 4.42 Å². The number of para-hydroxylation sites is 2. The van der Waals surface area contributed by atoms with Crippen molar-refractivity contribution in [1.29, 1.82) is 0 Å². The first-order valence-electron chi connectivity index (χ1n) is 8.40. The summed E-state index contributed by atoms with van der Waals surface area (Å²) in [5.74, 6) is -0.435. The largest absolute Gasteiger partial charge is 0.420 e. The van der Waals surface area contributed by atoms with Crippen LogP contribution in [0.2, 0.25) is 0 Å². The average molecular weight is 333 g/mol. The van der Waals surface area contributed by atoms with Crippen molar-refractivity contribution in [3.63, 3.8) is 0 Å². The molecule has 0 bridgehead atoms. The molecule has 24 heavy (non-hydrogen) atoms. The van der Waals surface area contributed by atoms with Gasteiger partial charge in [-0.25, -0.2) is 9.59 Å². The van der Waals surface area contributed by atoms with Crippen molar-refractivity contribution in [3.05, 3.63) is 34.8 Å². The molecule has 1 saturated carbocycles. The Bertz CT molecular complexity index is 759. The molecule has 1 aliphatic rings. The molecule has 1 aromatic heterocycles. The van der Waals surface area contributed by atoms with E-state index in [0.717, 1.165) is 32.1 Å². The lowest BCUT2D eigenvalue weighted by molar-refractivity contribution is 0.00720. The van der Waals surface area contributed by atoms with Crippen LogP contribution in [-0.2, 0) is 6.54 Å². The minimum absolute atomic E-state index is 0.257. The zero-order chi connectivity index (χ0) is 17.0. The van der Waals surface area contributed by atoms with Crippen molar-refractivity contribution in [3.8, 4) is 0 Å². The van der Waals surface area contributed by atoms with Gasteiger partial charge in [0.25, 0.3) is 0 Å². The smallest absolute Gasteiger partial charge is 0.408 e. The van der Waals surface area contributed by atoms with Crippen LogP contribution in [0.5, 0.6) is 0 Å². The van der Waals surface area contributed by atoms with Crippen LogP contribution in [0.3, 0.4) is 0 Å². The summed E-state index contributed by atoms with van der Waals surface area (Å²) in [6, 6.07) is 6.84. The molecule has 130 valence electrons. The minimum Gasteiger partial charge on any atom is -0.408 e. The number of carbonyl (C=O) groups excluding carboxylic acids is 1. The van der Waals surface area contributed by atoms with Gasteiger partial charge < -0.3 is 20.2 Å². The number of oxazole rings is 1. The molecule has 1 fully saturated rings. The third-order valence-corrected chi connectivity index (χ3v) is 4.56. The van der Waals surface area contributed by atoms with Gasteiger partial charge in [0.15, 0.2) is 5.58 Å². The minimum atomic E-state index is -0.784. The van der Waals surface area contributed by atoms with Gasteiger partial charge in [-0.2, -0.15) is 0 Å². The van der Waals surface area contributed by atoms with Gasteiger partial charge in [-0.05, 0) is 25.0 Å². The number of urea groups is 1. The summed E-state index contributed by atoms with van der Waals surface area (Å²) in [4.78, 5) is 23.7. The number of amides is 2. The molecule has 0 saturated heterocycles. The SMILES string of the molecule is O=C(NCCn1c(=O)oc2ccccc21)NCC1(O)CCCCC1. The van der Waals surface area contributed by atoms with Crippen molar-refractivity contribution >= 4 is 17.1 Å². The summed E-state index contributed by atoms with van der Waals surface area (Å²) in [6.07, 6.45) is 4.59. The number of aromatic nitrogens is 1. The van der Waals surface area contributed by atoms with Gasteiger partial charge in [-0.1, -0.05) is 31.4 Å². The van der Waals surface area contributed by atoms with Crippen molar-refractivity contribution in [1.82, 2.24) is 15.2 Å². The highest BCUT2D eigenvalue weighted by molar-refractivity contribution is 5.74. The van der Waals surface area contributed by atoms with E-state index in [1.54, 1.807) is 18.2 Å². The second kappa shape index (κ2) is 7.09. The molecule has 1 heterocycles. The van der Waals surface area contributed by atoms with E-state index in [1.807, 2.05) is 6.07 Å². The van der Waals surface area contributed by atoms with Crippen LogP contribution in [0, 0.1) is 0 Å². The molecule has 2 amide bonds. The topological polar surface area (TPSA) is 96.5 Å². The number of nitrogens with zero attached hydrogens (tertiary/aromatic N) is 1. The summed E-state index contributed by atoms with van der Waals surface area (Å²) in [5, 5.41) is 15.8. The van der Waals surface area contributed by atoms with Gasteiger partial charge in [0.05, 0.1) is 11.1 Å². The molecule has 7 heteroatoms. The van der Waals surface area contributed by atoms with Gasteiger partial charge in [-0.15, -0.1) is 0 Å². The van der Waals surface area contributed by atoms with Gasteiger partial charge in [-0.3, -0.25) is 4.57 Å². The maximum atomic E-state index is 11.9. The molecule has 0 atom stereocenters. The van der Waals surface area contributed by atoms with Crippen molar-refractivity contribution < 1.29 is 14.3 Å². The molecule has 0 unspecified atom stereocenters. The molecule has 7 nitrogen and oxygen atoms in total. The number of fused-ring (bicyclic) bond motifs is 1. The van der Waals surface area contributed by atoms with Crippen LogP contribution in [0.4, 0.5) is 4.79 Å². The standard InChI is InChI=1S/C17H23N3O4/c21-15(19-12-17(23)8-4-1-5-9-17)18-10-11-20-13-6-2-3-7-14(13)24-16(20)22/h2-3,6-7,23H,1,4-5,8-12H2,(H2,18,19,21). The second-order valence-corrected chi connectivity index (χ2v) is 6.38. The van der Waals surface area contributed by atoms with Crippen LogP contribution in [0.1, 0.15) is 32.1 Å². The van der Waals surface area contributed by atoms with Crippen LogP contribution in [0.15, 0.2) is 33.5 Å². The van der Waals surface area contributed by atoms with E-state index < -0.39 is 11.4 Å². The zero-order valence-electron chi connectivity index (χ0n) is 13.6. The lowest BCUT2D eigenvalue weighted by Crippen LogP contribution is -2.47. The lowest BCUT2D eigenvalue weighted by Gasteiger charge is -2.32. The quantitative estimate of drug-likeness (QED) is 0.774. The van der Waals surface area contributed by atoms with E-state index in [-0.39, 0.29) is 12.6 Å². The van der Waals surface area contributed by atoms with Crippen LogP contribution < -0.4 is 16.4 Å². The Balaban J connectivity index is 1.48. The molecule has 0 spiro atoms. The maximum absolute atomic E-state index is 11.9. The normalized spacial score (nSPS) is 16.9. The van der Waals surface area contributed by atoms with Crippen LogP contribution >= 0.6 is 0 Å². The summed E-state index contributed by atoms with van der Waals surface area (Å²) < 4.78 is 6.63. The zero-order valence-corrected chi connectivity index (χ0v) is 13.6. The Labute approximate surface area is 139 Å². The first kappa shape index (κ1) is 16.6. The summed E-state index contributed by atoms with van der Waals surface area (Å²) >= 11 is 0. The molecule has 2 aromatic rings. The predicted molar refractivity (Wildman–Crippen MR) is 89.9 cm³/mol. The number of hydrogen-bond donors (Lipinski definition) is 3. The lowest BCUT2D eigenvalue weighted by atomic mass is 9.85. The average Bonchev–Trinajstić information content (AvgIpc) is 2.90. The van der Waals surface area contributed by atoms with Gasteiger partial charge in [0, 0.05) is 19.6 Å². The number of aliphatic hydroxyl groups is 1. The second-order valence-electron chi connectivity index (χ2n) is 6.38. The van der Waals surface area contributed by atoms with Gasteiger partial charge in [0.2, 0.25) is 0 Å².